The maximum absolute atomic E-state index is 6.01. The van der Waals surface area contributed by atoms with Crippen LogP contribution in [0.2, 0.25) is 5.02 Å². The van der Waals surface area contributed by atoms with E-state index in [2.05, 4.69) is 31.0 Å². The van der Waals surface area contributed by atoms with Gasteiger partial charge in [-0.3, -0.25) is 0 Å². The van der Waals surface area contributed by atoms with Crippen LogP contribution in [0, 0.1) is 6.92 Å². The van der Waals surface area contributed by atoms with Gasteiger partial charge in [-0.2, -0.15) is 4.98 Å². The fourth-order valence-corrected chi connectivity index (χ4v) is 2.25. The highest BCUT2D eigenvalue weighted by molar-refractivity contribution is 7.09. The van der Waals surface area contributed by atoms with Crippen molar-refractivity contribution in [3.05, 3.63) is 27.3 Å². The Bertz CT molecular complexity index is 528. The number of anilines is 2. The highest BCUT2D eigenvalue weighted by Gasteiger charge is 2.04. The van der Waals surface area contributed by atoms with E-state index in [-0.39, 0.29) is 0 Å². The first-order valence-corrected chi connectivity index (χ1v) is 6.80. The molecule has 0 aliphatic heterocycles. The molecule has 0 fully saturated rings. The van der Waals surface area contributed by atoms with E-state index < -0.39 is 0 Å². The normalized spacial score (nSPS) is 10.4. The van der Waals surface area contributed by atoms with Gasteiger partial charge in [-0.1, -0.05) is 11.6 Å². The lowest BCUT2D eigenvalue weighted by Gasteiger charge is -2.07. The zero-order chi connectivity index (χ0) is 13.0. The predicted molar refractivity (Wildman–Crippen MR) is 75.6 cm³/mol. The van der Waals surface area contributed by atoms with Crippen molar-refractivity contribution in [2.75, 3.05) is 24.2 Å². The number of hydrogen-bond donors (Lipinski definition) is 2. The van der Waals surface area contributed by atoms with Crippen LogP contribution in [0.4, 0.5) is 11.8 Å². The van der Waals surface area contributed by atoms with Crippen molar-refractivity contribution in [1.82, 2.24) is 15.0 Å². The van der Waals surface area contributed by atoms with Crippen LogP contribution in [0.25, 0.3) is 0 Å². The van der Waals surface area contributed by atoms with E-state index in [4.69, 9.17) is 11.6 Å². The molecule has 0 saturated carbocycles. The van der Waals surface area contributed by atoms with Crippen LogP contribution >= 0.6 is 22.9 Å². The molecule has 0 aromatic carbocycles. The minimum atomic E-state index is 0.517. The van der Waals surface area contributed by atoms with Crippen LogP contribution in [0.1, 0.15) is 10.7 Å². The van der Waals surface area contributed by atoms with E-state index in [0.29, 0.717) is 16.8 Å². The topological polar surface area (TPSA) is 62.7 Å². The number of rotatable bonds is 5. The molecule has 0 aliphatic rings. The molecule has 2 rings (SSSR count). The largest absolute Gasteiger partial charge is 0.368 e. The molecule has 0 spiro atoms. The Labute approximate surface area is 115 Å². The first-order chi connectivity index (χ1) is 8.69. The van der Waals surface area contributed by atoms with Crippen molar-refractivity contribution in [1.29, 1.82) is 0 Å². The molecule has 0 radical (unpaired) electrons. The summed E-state index contributed by atoms with van der Waals surface area (Å²) in [6.45, 7) is 2.74. The van der Waals surface area contributed by atoms with Gasteiger partial charge in [0.2, 0.25) is 5.95 Å². The Morgan fingerprint density at radius 1 is 1.39 bits per heavy atom. The average molecular weight is 284 g/mol. The highest BCUT2D eigenvalue weighted by atomic mass is 35.5. The number of nitrogens with zero attached hydrogens (tertiary/aromatic N) is 3. The van der Waals surface area contributed by atoms with Gasteiger partial charge in [0.1, 0.15) is 10.8 Å². The standard InChI is InChI=1S/C11H14ClN5S/c1-7-16-8(6-18-7)3-4-14-10-9(12)5-15-11(13-2)17-10/h5-6H,3-4H2,1-2H3,(H2,13,14,15,17). The quantitative estimate of drug-likeness (QED) is 0.883. The van der Waals surface area contributed by atoms with E-state index in [0.717, 1.165) is 23.7 Å². The second-order valence-electron chi connectivity index (χ2n) is 3.67. The van der Waals surface area contributed by atoms with Crippen molar-refractivity contribution < 1.29 is 0 Å². The number of thiazole rings is 1. The first kappa shape index (κ1) is 13.0. The number of nitrogens with one attached hydrogen (secondary N) is 2. The number of aryl methyl sites for hydroxylation is 1. The summed E-state index contributed by atoms with van der Waals surface area (Å²) >= 11 is 7.67. The van der Waals surface area contributed by atoms with E-state index in [1.165, 1.54) is 0 Å². The van der Waals surface area contributed by atoms with Gasteiger partial charge in [0.05, 0.1) is 16.9 Å². The van der Waals surface area contributed by atoms with Crippen molar-refractivity contribution in [2.45, 2.75) is 13.3 Å². The average Bonchev–Trinajstić information content (AvgIpc) is 2.77. The van der Waals surface area contributed by atoms with Crippen LogP contribution in [-0.2, 0) is 6.42 Å². The van der Waals surface area contributed by atoms with Gasteiger partial charge >= 0.3 is 0 Å². The van der Waals surface area contributed by atoms with Crippen LogP contribution in [0.5, 0.6) is 0 Å². The summed E-state index contributed by atoms with van der Waals surface area (Å²) in [5.41, 5.74) is 1.09. The molecule has 96 valence electrons. The van der Waals surface area contributed by atoms with Gasteiger partial charge in [-0.25, -0.2) is 9.97 Å². The second kappa shape index (κ2) is 5.97. The molecule has 2 aromatic rings. The summed E-state index contributed by atoms with van der Waals surface area (Å²) < 4.78 is 0. The van der Waals surface area contributed by atoms with Crippen LogP contribution in [0.3, 0.4) is 0 Å². The molecule has 0 atom stereocenters. The zero-order valence-corrected chi connectivity index (χ0v) is 11.8. The van der Waals surface area contributed by atoms with Crippen LogP contribution in [0.15, 0.2) is 11.6 Å². The van der Waals surface area contributed by atoms with Crippen LogP contribution < -0.4 is 10.6 Å². The fraction of sp³-hybridized carbons (Fsp3) is 0.364. The van der Waals surface area contributed by atoms with Crippen molar-refractivity contribution in [3.8, 4) is 0 Å². The Balaban J connectivity index is 1.93. The summed E-state index contributed by atoms with van der Waals surface area (Å²) in [5, 5.41) is 9.73. The molecule has 2 N–H and O–H groups in total. The molecule has 0 bridgehead atoms. The van der Waals surface area contributed by atoms with E-state index in [9.17, 15) is 0 Å². The molecule has 2 heterocycles. The third-order valence-electron chi connectivity index (χ3n) is 2.31. The SMILES string of the molecule is CNc1ncc(Cl)c(NCCc2csc(C)n2)n1. The molecule has 7 heteroatoms. The van der Waals surface area contributed by atoms with Gasteiger partial charge in [0.25, 0.3) is 0 Å². The fourth-order valence-electron chi connectivity index (χ4n) is 1.44. The van der Waals surface area contributed by atoms with E-state index in [1.54, 1.807) is 24.6 Å². The molecular weight excluding hydrogens is 270 g/mol. The van der Waals surface area contributed by atoms with Crippen molar-refractivity contribution in [3.63, 3.8) is 0 Å². The second-order valence-corrected chi connectivity index (χ2v) is 5.14. The number of aromatic nitrogens is 3. The molecule has 0 saturated heterocycles. The lowest BCUT2D eigenvalue weighted by molar-refractivity contribution is 0.957. The maximum atomic E-state index is 6.01. The smallest absolute Gasteiger partial charge is 0.224 e. The number of halogens is 1. The highest BCUT2D eigenvalue weighted by Crippen LogP contribution is 2.19. The Morgan fingerprint density at radius 3 is 2.89 bits per heavy atom. The molecule has 18 heavy (non-hydrogen) atoms. The summed E-state index contributed by atoms with van der Waals surface area (Å²) in [6, 6.07) is 0. The Kier molecular flexibility index (Phi) is 4.33. The lowest BCUT2D eigenvalue weighted by Crippen LogP contribution is -2.08. The van der Waals surface area contributed by atoms with E-state index in [1.807, 2.05) is 6.92 Å². The monoisotopic (exact) mass is 283 g/mol. The minimum absolute atomic E-state index is 0.517. The van der Waals surface area contributed by atoms with Gasteiger partial charge in [-0.15, -0.1) is 11.3 Å². The summed E-state index contributed by atoms with van der Waals surface area (Å²) in [5.74, 6) is 1.19. The molecule has 0 amide bonds. The Morgan fingerprint density at radius 2 is 2.22 bits per heavy atom. The number of hydrogen-bond acceptors (Lipinski definition) is 6. The van der Waals surface area contributed by atoms with Crippen molar-refractivity contribution >= 4 is 34.7 Å². The first-order valence-electron chi connectivity index (χ1n) is 5.54. The third-order valence-corrected chi connectivity index (χ3v) is 3.41. The summed E-state index contributed by atoms with van der Waals surface area (Å²) in [4.78, 5) is 12.7. The summed E-state index contributed by atoms with van der Waals surface area (Å²) in [7, 11) is 1.77. The van der Waals surface area contributed by atoms with E-state index >= 15 is 0 Å². The molecule has 5 nitrogen and oxygen atoms in total. The molecule has 0 aliphatic carbocycles. The molecular formula is C11H14ClN5S. The van der Waals surface area contributed by atoms with Gasteiger partial charge in [0, 0.05) is 25.4 Å². The third kappa shape index (κ3) is 3.30. The van der Waals surface area contributed by atoms with Gasteiger partial charge in [-0.05, 0) is 6.92 Å². The Hall–Kier alpha value is -1.40. The van der Waals surface area contributed by atoms with Crippen molar-refractivity contribution in [2.24, 2.45) is 0 Å². The predicted octanol–water partition coefficient (Wildman–Crippen LogP) is 2.59. The van der Waals surface area contributed by atoms with Gasteiger partial charge < -0.3 is 10.6 Å². The van der Waals surface area contributed by atoms with Gasteiger partial charge in [0.15, 0.2) is 0 Å². The van der Waals surface area contributed by atoms with Crippen LogP contribution in [-0.4, -0.2) is 28.5 Å². The minimum Gasteiger partial charge on any atom is -0.368 e. The molecule has 0 unspecified atom stereocenters. The summed E-state index contributed by atoms with van der Waals surface area (Å²) in [6.07, 6.45) is 2.43. The lowest BCUT2D eigenvalue weighted by atomic mass is 10.3. The molecule has 2 aromatic heterocycles. The maximum Gasteiger partial charge on any atom is 0.224 e. The zero-order valence-electron chi connectivity index (χ0n) is 10.2.